The second-order valence-electron chi connectivity index (χ2n) is 5.26. The van der Waals surface area contributed by atoms with Crippen LogP contribution in [0.3, 0.4) is 0 Å². The monoisotopic (exact) mass is 288 g/mol. The molecule has 1 fully saturated rings. The van der Waals surface area contributed by atoms with Gasteiger partial charge in [0.2, 0.25) is 5.95 Å². The molecule has 0 unspecified atom stereocenters. The molecule has 1 aliphatic rings. The van der Waals surface area contributed by atoms with Gasteiger partial charge in [0.05, 0.1) is 11.4 Å². The number of nitrogens with one attached hydrogen (secondary N) is 2. The molecule has 2 N–H and O–H groups in total. The van der Waals surface area contributed by atoms with Crippen molar-refractivity contribution >= 4 is 5.95 Å². The topological polar surface area (TPSA) is 80.9 Å². The van der Waals surface area contributed by atoms with Crippen LogP contribution in [0.15, 0.2) is 17.1 Å². The van der Waals surface area contributed by atoms with E-state index in [4.69, 9.17) is 0 Å². The van der Waals surface area contributed by atoms with Gasteiger partial charge in [-0.25, -0.2) is 9.97 Å². The van der Waals surface area contributed by atoms with E-state index >= 15 is 0 Å². The van der Waals surface area contributed by atoms with Crippen LogP contribution in [0.25, 0.3) is 11.3 Å². The van der Waals surface area contributed by atoms with Crippen LogP contribution in [0.5, 0.6) is 0 Å². The highest BCUT2D eigenvalue weighted by molar-refractivity contribution is 5.61. The number of likely N-dealkylation sites (N-methyl/N-ethyl adjacent to an activating group) is 1. The molecule has 3 heterocycles. The molecule has 0 spiro atoms. The lowest BCUT2D eigenvalue weighted by Crippen LogP contribution is -2.46. The van der Waals surface area contributed by atoms with Crippen LogP contribution in [0.4, 0.5) is 5.95 Å². The maximum Gasteiger partial charge on any atom is 0.264 e. The first-order valence-electron chi connectivity index (χ1n) is 7.26. The van der Waals surface area contributed by atoms with Crippen molar-refractivity contribution in [2.75, 3.05) is 37.6 Å². The maximum atomic E-state index is 11.2. The van der Waals surface area contributed by atoms with E-state index < -0.39 is 0 Å². The van der Waals surface area contributed by atoms with Crippen molar-refractivity contribution < 1.29 is 0 Å². The normalized spacial score (nSPS) is 16.4. The lowest BCUT2D eigenvalue weighted by Gasteiger charge is -2.34. The lowest BCUT2D eigenvalue weighted by molar-refractivity contribution is 0.270. The molecule has 112 valence electrons. The molecule has 0 aliphatic carbocycles. The molecule has 0 bridgehead atoms. The van der Waals surface area contributed by atoms with Crippen molar-refractivity contribution in [2.24, 2.45) is 0 Å². The number of rotatable bonds is 3. The van der Waals surface area contributed by atoms with Crippen molar-refractivity contribution in [1.82, 2.24) is 25.1 Å². The van der Waals surface area contributed by atoms with Gasteiger partial charge < -0.3 is 9.80 Å². The standard InChI is InChI=1S/C14H20N6O/c1-3-19-4-6-20(7-5-19)14-15-9-11(10(2)16-14)12-8-13(21)18-17-12/h8-9H,3-7H2,1-2H3,(H2,17,18,21). The summed E-state index contributed by atoms with van der Waals surface area (Å²) in [6, 6.07) is 1.52. The second-order valence-corrected chi connectivity index (χ2v) is 5.26. The quantitative estimate of drug-likeness (QED) is 0.865. The largest absolute Gasteiger partial charge is 0.338 e. The van der Waals surface area contributed by atoms with Crippen LogP contribution in [0, 0.1) is 6.92 Å². The average Bonchev–Trinajstić information content (AvgIpc) is 2.93. The number of aromatic nitrogens is 4. The number of H-pyrrole nitrogens is 2. The summed E-state index contributed by atoms with van der Waals surface area (Å²) in [5, 5.41) is 5.37. The van der Waals surface area contributed by atoms with Gasteiger partial charge in [-0.1, -0.05) is 6.92 Å². The van der Waals surface area contributed by atoms with Crippen molar-refractivity contribution in [2.45, 2.75) is 13.8 Å². The van der Waals surface area contributed by atoms with Crippen molar-refractivity contribution in [1.29, 1.82) is 0 Å². The van der Waals surface area contributed by atoms with Crippen molar-refractivity contribution in [3.05, 3.63) is 28.3 Å². The van der Waals surface area contributed by atoms with E-state index in [1.54, 1.807) is 6.20 Å². The summed E-state index contributed by atoms with van der Waals surface area (Å²) in [4.78, 5) is 24.9. The summed E-state index contributed by atoms with van der Waals surface area (Å²) < 4.78 is 0. The van der Waals surface area contributed by atoms with E-state index in [2.05, 4.69) is 36.9 Å². The van der Waals surface area contributed by atoms with Crippen LogP contribution < -0.4 is 10.5 Å². The van der Waals surface area contributed by atoms with Crippen LogP contribution in [-0.2, 0) is 0 Å². The van der Waals surface area contributed by atoms with Crippen LogP contribution in [0.2, 0.25) is 0 Å². The van der Waals surface area contributed by atoms with Gasteiger partial charge in [0.25, 0.3) is 5.56 Å². The Hall–Kier alpha value is -2.15. The number of piperazine rings is 1. The van der Waals surface area contributed by atoms with Gasteiger partial charge in [-0.05, 0) is 13.5 Å². The summed E-state index contributed by atoms with van der Waals surface area (Å²) in [5.74, 6) is 0.768. The summed E-state index contributed by atoms with van der Waals surface area (Å²) in [7, 11) is 0. The Morgan fingerprint density at radius 2 is 2.00 bits per heavy atom. The second kappa shape index (κ2) is 5.69. The molecular formula is C14H20N6O. The zero-order valence-corrected chi connectivity index (χ0v) is 12.4. The maximum absolute atomic E-state index is 11.2. The SMILES string of the molecule is CCN1CCN(c2ncc(-c3cc(=O)[nH][nH]3)c(C)n2)CC1. The third-order valence-electron chi connectivity index (χ3n) is 3.95. The number of aromatic amines is 2. The first-order valence-corrected chi connectivity index (χ1v) is 7.26. The Kier molecular flexibility index (Phi) is 3.74. The molecule has 1 saturated heterocycles. The minimum Gasteiger partial charge on any atom is -0.338 e. The molecule has 0 saturated carbocycles. The van der Waals surface area contributed by atoms with Gasteiger partial charge in [0, 0.05) is 44.0 Å². The number of anilines is 1. The number of hydrogen-bond donors (Lipinski definition) is 2. The highest BCUT2D eigenvalue weighted by Crippen LogP contribution is 2.20. The predicted octanol–water partition coefficient (Wildman–Crippen LogP) is 0.610. The Morgan fingerprint density at radius 1 is 1.24 bits per heavy atom. The number of aryl methyl sites for hydroxylation is 1. The molecule has 21 heavy (non-hydrogen) atoms. The van der Waals surface area contributed by atoms with Crippen LogP contribution in [-0.4, -0.2) is 57.8 Å². The fourth-order valence-corrected chi connectivity index (χ4v) is 2.61. The third-order valence-corrected chi connectivity index (χ3v) is 3.95. The smallest absolute Gasteiger partial charge is 0.264 e. The Balaban J connectivity index is 1.80. The molecular weight excluding hydrogens is 268 g/mol. The molecule has 2 aromatic heterocycles. The molecule has 0 radical (unpaired) electrons. The zero-order valence-electron chi connectivity index (χ0n) is 12.4. The van der Waals surface area contributed by atoms with Gasteiger partial charge in [-0.3, -0.25) is 15.0 Å². The van der Waals surface area contributed by atoms with E-state index in [-0.39, 0.29) is 5.56 Å². The fourth-order valence-electron chi connectivity index (χ4n) is 2.61. The minimum atomic E-state index is -0.149. The van der Waals surface area contributed by atoms with Crippen molar-refractivity contribution in [3.8, 4) is 11.3 Å². The Labute approximate surface area is 123 Å². The summed E-state index contributed by atoms with van der Waals surface area (Å²) >= 11 is 0. The van der Waals surface area contributed by atoms with Gasteiger partial charge >= 0.3 is 0 Å². The van der Waals surface area contributed by atoms with Gasteiger partial charge in [0.15, 0.2) is 0 Å². The molecule has 0 atom stereocenters. The fraction of sp³-hybridized carbons (Fsp3) is 0.500. The van der Waals surface area contributed by atoms with Crippen LogP contribution in [0.1, 0.15) is 12.6 Å². The average molecular weight is 288 g/mol. The molecule has 3 rings (SSSR count). The third kappa shape index (κ3) is 2.82. The van der Waals surface area contributed by atoms with Gasteiger partial charge in [0.1, 0.15) is 0 Å². The molecule has 0 aromatic carbocycles. The van der Waals surface area contributed by atoms with Gasteiger partial charge in [-0.2, -0.15) is 0 Å². The summed E-state index contributed by atoms with van der Waals surface area (Å²) in [6.45, 7) is 9.21. The van der Waals surface area contributed by atoms with Crippen molar-refractivity contribution in [3.63, 3.8) is 0 Å². The van der Waals surface area contributed by atoms with E-state index in [0.717, 1.165) is 55.6 Å². The highest BCUT2D eigenvalue weighted by atomic mass is 16.1. The lowest BCUT2D eigenvalue weighted by atomic mass is 10.2. The summed E-state index contributed by atoms with van der Waals surface area (Å²) in [5.41, 5.74) is 2.29. The van der Waals surface area contributed by atoms with E-state index in [1.807, 2.05) is 6.92 Å². The first-order chi connectivity index (χ1) is 10.2. The highest BCUT2D eigenvalue weighted by Gasteiger charge is 2.18. The first kappa shape index (κ1) is 13.8. The molecule has 7 nitrogen and oxygen atoms in total. The van der Waals surface area contributed by atoms with E-state index in [1.165, 1.54) is 6.07 Å². The van der Waals surface area contributed by atoms with E-state index in [9.17, 15) is 4.79 Å². The minimum absolute atomic E-state index is 0.149. The zero-order chi connectivity index (χ0) is 14.8. The van der Waals surface area contributed by atoms with Crippen LogP contribution >= 0.6 is 0 Å². The number of nitrogens with zero attached hydrogens (tertiary/aromatic N) is 4. The summed E-state index contributed by atoms with van der Waals surface area (Å²) in [6.07, 6.45) is 1.78. The van der Waals surface area contributed by atoms with E-state index in [0.29, 0.717) is 0 Å². The predicted molar refractivity (Wildman–Crippen MR) is 81.5 cm³/mol. The molecule has 0 amide bonds. The molecule has 2 aromatic rings. The number of hydrogen-bond acceptors (Lipinski definition) is 5. The van der Waals surface area contributed by atoms with Gasteiger partial charge in [-0.15, -0.1) is 0 Å². The molecule has 1 aliphatic heterocycles. The Bertz CT molecular complexity index is 668. The molecule has 7 heteroatoms. The Morgan fingerprint density at radius 3 is 2.57 bits per heavy atom.